The lowest BCUT2D eigenvalue weighted by atomic mass is 9.46. The van der Waals surface area contributed by atoms with E-state index in [2.05, 4.69) is 28.9 Å². The number of amides is 1. The molecule has 2 aromatic rings. The average molecular weight is 386 g/mol. The van der Waals surface area contributed by atoms with E-state index in [1.54, 1.807) is 23.1 Å². The highest BCUT2D eigenvalue weighted by Gasteiger charge is 2.66. The Labute approximate surface area is 162 Å². The fourth-order valence-electron chi connectivity index (χ4n) is 5.00. The lowest BCUT2D eigenvalue weighted by Gasteiger charge is -2.63. The van der Waals surface area contributed by atoms with Crippen LogP contribution in [0.2, 0.25) is 0 Å². The Morgan fingerprint density at radius 2 is 2.15 bits per heavy atom. The molecule has 1 aromatic carbocycles. The molecule has 5 heteroatoms. The number of ether oxygens (including phenoxy) is 1. The highest BCUT2D eigenvalue weighted by molar-refractivity contribution is 7.98. The smallest absolute Gasteiger partial charge is 0.252 e. The van der Waals surface area contributed by atoms with Crippen molar-refractivity contribution in [1.82, 2.24) is 5.32 Å². The fraction of sp³-hybridized carbons (Fsp3) is 0.476. The average Bonchev–Trinajstić information content (AvgIpc) is 3.27. The van der Waals surface area contributed by atoms with Crippen LogP contribution in [0.1, 0.15) is 40.9 Å². The van der Waals surface area contributed by atoms with Gasteiger partial charge in [-0.3, -0.25) is 4.79 Å². The Bertz CT molecular complexity index is 800. The van der Waals surface area contributed by atoms with Crippen molar-refractivity contribution in [3.8, 4) is 0 Å². The number of nitrogens with one attached hydrogen (secondary N) is 1. The van der Waals surface area contributed by atoms with Gasteiger partial charge in [0.25, 0.3) is 5.91 Å². The van der Waals surface area contributed by atoms with Crippen LogP contribution in [-0.4, -0.2) is 24.7 Å². The second-order valence-corrected chi connectivity index (χ2v) is 9.70. The Hall–Kier alpha value is -1.30. The van der Waals surface area contributed by atoms with Gasteiger partial charge in [-0.25, -0.2) is 0 Å². The first-order chi connectivity index (χ1) is 12.8. The van der Waals surface area contributed by atoms with Crippen molar-refractivity contribution >= 4 is 29.0 Å². The number of benzene rings is 1. The number of rotatable bonds is 5. The van der Waals surface area contributed by atoms with Crippen molar-refractivity contribution in [3.05, 3.63) is 52.2 Å². The van der Waals surface area contributed by atoms with Crippen molar-refractivity contribution in [1.29, 1.82) is 0 Å². The Kier molecular flexibility index (Phi) is 4.34. The second-order valence-electron chi connectivity index (χ2n) is 7.65. The van der Waals surface area contributed by atoms with E-state index in [-0.39, 0.29) is 11.3 Å². The van der Waals surface area contributed by atoms with Gasteiger partial charge in [0.05, 0.1) is 11.7 Å². The molecule has 26 heavy (non-hydrogen) atoms. The maximum absolute atomic E-state index is 13.1. The lowest BCUT2D eigenvalue weighted by Crippen LogP contribution is -2.71. The molecular weight excluding hydrogens is 362 g/mol. The van der Waals surface area contributed by atoms with E-state index >= 15 is 0 Å². The van der Waals surface area contributed by atoms with Crippen LogP contribution < -0.4 is 5.32 Å². The van der Waals surface area contributed by atoms with Gasteiger partial charge in [0, 0.05) is 39.5 Å². The summed E-state index contributed by atoms with van der Waals surface area (Å²) < 4.78 is 5.98. The molecule has 1 aliphatic heterocycles. The van der Waals surface area contributed by atoms with Crippen molar-refractivity contribution in [3.63, 3.8) is 0 Å². The van der Waals surface area contributed by atoms with Crippen molar-refractivity contribution in [2.75, 3.05) is 6.61 Å². The maximum atomic E-state index is 13.1. The predicted molar refractivity (Wildman–Crippen MR) is 106 cm³/mol. The van der Waals surface area contributed by atoms with Crippen molar-refractivity contribution in [2.45, 2.75) is 48.5 Å². The van der Waals surface area contributed by atoms with Gasteiger partial charge in [0.15, 0.2) is 0 Å². The molecule has 1 amide bonds. The van der Waals surface area contributed by atoms with E-state index in [9.17, 15) is 4.79 Å². The lowest BCUT2D eigenvalue weighted by molar-refractivity contribution is -0.172. The topological polar surface area (TPSA) is 38.3 Å². The van der Waals surface area contributed by atoms with Crippen LogP contribution in [0.5, 0.6) is 0 Å². The van der Waals surface area contributed by atoms with Crippen LogP contribution in [0.25, 0.3) is 0 Å². The molecule has 1 saturated heterocycles. The molecule has 0 unspecified atom stereocenters. The highest BCUT2D eigenvalue weighted by Crippen LogP contribution is 2.62. The summed E-state index contributed by atoms with van der Waals surface area (Å²) in [7, 11) is 0. The summed E-state index contributed by atoms with van der Waals surface area (Å²) in [5, 5.41) is 5.50. The molecule has 3 aliphatic rings. The second kappa shape index (κ2) is 6.70. The van der Waals surface area contributed by atoms with Crippen LogP contribution in [0.4, 0.5) is 0 Å². The van der Waals surface area contributed by atoms with Gasteiger partial charge in [0.1, 0.15) is 0 Å². The van der Waals surface area contributed by atoms with Crippen LogP contribution in [-0.2, 0) is 10.5 Å². The molecular formula is C21H23NO2S2. The van der Waals surface area contributed by atoms with Crippen LogP contribution in [0.15, 0.2) is 46.7 Å². The molecule has 1 N–H and O–H groups in total. The third-order valence-electron chi connectivity index (χ3n) is 6.40. The number of thiophene rings is 1. The van der Waals surface area contributed by atoms with Gasteiger partial charge < -0.3 is 10.1 Å². The molecule has 5 rings (SSSR count). The first kappa shape index (κ1) is 16.8. The Balaban J connectivity index is 1.31. The molecule has 3 fully saturated rings. The third-order valence-corrected chi connectivity index (χ3v) is 8.59. The molecule has 0 bridgehead atoms. The van der Waals surface area contributed by atoms with E-state index in [0.29, 0.717) is 18.1 Å². The summed E-state index contributed by atoms with van der Waals surface area (Å²) in [5.74, 6) is 1.51. The number of fused-ring (bicyclic) bond motifs is 2. The minimum Gasteiger partial charge on any atom is -0.377 e. The minimum atomic E-state index is 0.0842. The monoisotopic (exact) mass is 385 g/mol. The normalized spacial score (nSPS) is 28.2. The molecule has 136 valence electrons. The van der Waals surface area contributed by atoms with Gasteiger partial charge in [0.2, 0.25) is 0 Å². The van der Waals surface area contributed by atoms with Gasteiger partial charge in [-0.1, -0.05) is 24.6 Å². The summed E-state index contributed by atoms with van der Waals surface area (Å²) in [5.41, 5.74) is 1.04. The molecule has 0 radical (unpaired) electrons. The van der Waals surface area contributed by atoms with E-state index in [4.69, 9.17) is 4.74 Å². The van der Waals surface area contributed by atoms with Crippen molar-refractivity contribution < 1.29 is 9.53 Å². The summed E-state index contributed by atoms with van der Waals surface area (Å²) in [6.45, 7) is 0.858. The third kappa shape index (κ3) is 2.63. The van der Waals surface area contributed by atoms with E-state index in [0.717, 1.165) is 29.2 Å². The first-order valence-electron chi connectivity index (χ1n) is 9.45. The zero-order chi connectivity index (χ0) is 17.6. The summed E-state index contributed by atoms with van der Waals surface area (Å²) >= 11 is 3.52. The largest absolute Gasteiger partial charge is 0.377 e. The molecule has 1 aromatic heterocycles. The van der Waals surface area contributed by atoms with Crippen LogP contribution in [0.3, 0.4) is 0 Å². The SMILES string of the molecule is O=C(N[C@@H]1[C@@H]2CCO[C@@H]2C12CCC2)c1ccccc1SCc1cccs1. The van der Waals surface area contributed by atoms with Gasteiger partial charge >= 0.3 is 0 Å². The molecule has 2 saturated carbocycles. The maximum Gasteiger partial charge on any atom is 0.252 e. The number of hydrogen-bond donors (Lipinski definition) is 1. The molecule has 3 nitrogen and oxygen atoms in total. The van der Waals surface area contributed by atoms with Gasteiger partial charge in [-0.15, -0.1) is 23.1 Å². The molecule has 2 heterocycles. The van der Waals surface area contributed by atoms with E-state index in [1.807, 2.05) is 18.2 Å². The van der Waals surface area contributed by atoms with Crippen molar-refractivity contribution in [2.24, 2.45) is 11.3 Å². The van der Waals surface area contributed by atoms with E-state index in [1.165, 1.54) is 24.1 Å². The number of hydrogen-bond acceptors (Lipinski definition) is 4. The summed E-state index contributed by atoms with van der Waals surface area (Å²) in [6.07, 6.45) is 5.16. The quantitative estimate of drug-likeness (QED) is 0.757. The van der Waals surface area contributed by atoms with Gasteiger partial charge in [-0.05, 0) is 42.8 Å². The Morgan fingerprint density at radius 3 is 2.92 bits per heavy atom. The molecule has 2 aliphatic carbocycles. The highest BCUT2D eigenvalue weighted by atomic mass is 32.2. The number of carbonyl (C=O) groups excluding carboxylic acids is 1. The minimum absolute atomic E-state index is 0.0842. The summed E-state index contributed by atoms with van der Waals surface area (Å²) in [4.78, 5) is 15.5. The van der Waals surface area contributed by atoms with Crippen LogP contribution >= 0.6 is 23.1 Å². The standard InChI is InChI=1S/C21H23NO2S2/c23-20(22-18-16-8-11-24-19(16)21(18)9-4-10-21)15-6-1-2-7-17(15)26-13-14-5-3-12-25-14/h1-3,5-7,12,16,18-19H,4,8-11,13H2,(H,22,23)/t16-,18+,19-/m0/s1. The first-order valence-corrected chi connectivity index (χ1v) is 11.3. The van der Waals surface area contributed by atoms with E-state index < -0.39 is 0 Å². The summed E-state index contributed by atoms with van der Waals surface area (Å²) in [6, 6.07) is 12.5. The Morgan fingerprint density at radius 1 is 1.27 bits per heavy atom. The fourth-order valence-corrected chi connectivity index (χ4v) is 6.82. The zero-order valence-corrected chi connectivity index (χ0v) is 16.3. The van der Waals surface area contributed by atoms with Crippen LogP contribution in [0, 0.1) is 11.3 Å². The number of thioether (sulfide) groups is 1. The number of carbonyl (C=O) groups is 1. The zero-order valence-electron chi connectivity index (χ0n) is 14.6. The molecule has 3 atom stereocenters. The van der Waals surface area contributed by atoms with Gasteiger partial charge in [-0.2, -0.15) is 0 Å². The molecule has 1 spiro atoms. The predicted octanol–water partition coefficient (Wildman–Crippen LogP) is 4.73.